The highest BCUT2D eigenvalue weighted by Gasteiger charge is 2.26. The first kappa shape index (κ1) is 23.7. The molecule has 3 aromatic rings. The summed E-state index contributed by atoms with van der Waals surface area (Å²) >= 11 is 5.90. The van der Waals surface area contributed by atoms with Gasteiger partial charge < -0.3 is 0 Å². The Kier molecular flexibility index (Phi) is 8.16. The van der Waals surface area contributed by atoms with Crippen molar-refractivity contribution in [2.24, 2.45) is 5.10 Å². The number of aryl methyl sites for hydroxylation is 1. The van der Waals surface area contributed by atoms with Crippen molar-refractivity contribution in [1.29, 1.82) is 0 Å². The van der Waals surface area contributed by atoms with Crippen LogP contribution in [0.4, 0.5) is 0 Å². The number of nitrogens with one attached hydrogen (secondary N) is 1. The van der Waals surface area contributed by atoms with Crippen LogP contribution in [0.2, 0.25) is 5.02 Å². The number of halogens is 1. The van der Waals surface area contributed by atoms with Crippen molar-refractivity contribution in [3.8, 4) is 0 Å². The third-order valence-corrected chi connectivity index (χ3v) is 6.82. The molecule has 0 saturated carbocycles. The van der Waals surface area contributed by atoms with Crippen molar-refractivity contribution < 1.29 is 13.2 Å². The Morgan fingerprint density at radius 1 is 1.03 bits per heavy atom. The van der Waals surface area contributed by atoms with E-state index in [1.54, 1.807) is 0 Å². The fraction of sp³-hybridized carbons (Fsp3) is 0.167. The maximum atomic E-state index is 13.2. The van der Waals surface area contributed by atoms with Gasteiger partial charge in [0.25, 0.3) is 5.91 Å². The molecule has 6 nitrogen and oxygen atoms in total. The van der Waals surface area contributed by atoms with Gasteiger partial charge in [-0.1, -0.05) is 71.8 Å². The average Bonchev–Trinajstić information content (AvgIpc) is 2.77. The standard InChI is InChI=1S/C24H24ClN3O3S/c1-19-6-5-9-21(16-19)17-26-27-24(29)18-28(15-14-20-7-3-2-4-8-20)32(30,31)23-12-10-22(25)11-13-23/h2-13,16-17H,14-15,18H2,1H3,(H,27,29). The van der Waals surface area contributed by atoms with E-state index in [2.05, 4.69) is 10.5 Å². The quantitative estimate of drug-likeness (QED) is 0.379. The molecule has 1 amide bonds. The van der Waals surface area contributed by atoms with E-state index in [-0.39, 0.29) is 18.0 Å². The highest BCUT2D eigenvalue weighted by Crippen LogP contribution is 2.19. The lowest BCUT2D eigenvalue weighted by atomic mass is 10.1. The van der Waals surface area contributed by atoms with Crippen molar-refractivity contribution in [3.63, 3.8) is 0 Å². The van der Waals surface area contributed by atoms with E-state index in [4.69, 9.17) is 11.6 Å². The molecule has 3 aromatic carbocycles. The molecule has 0 aromatic heterocycles. The van der Waals surface area contributed by atoms with E-state index >= 15 is 0 Å². The van der Waals surface area contributed by atoms with E-state index < -0.39 is 15.9 Å². The third-order valence-electron chi connectivity index (χ3n) is 4.71. The van der Waals surface area contributed by atoms with Crippen molar-refractivity contribution in [1.82, 2.24) is 9.73 Å². The largest absolute Gasteiger partial charge is 0.272 e. The molecule has 0 aliphatic carbocycles. The second kappa shape index (κ2) is 11.0. The molecule has 0 bridgehead atoms. The van der Waals surface area contributed by atoms with Gasteiger partial charge >= 0.3 is 0 Å². The van der Waals surface area contributed by atoms with Crippen LogP contribution in [0.3, 0.4) is 0 Å². The van der Waals surface area contributed by atoms with Crippen LogP contribution in [0.25, 0.3) is 0 Å². The molecule has 0 fully saturated rings. The van der Waals surface area contributed by atoms with E-state index in [1.165, 1.54) is 30.5 Å². The molecule has 0 aliphatic rings. The fourth-order valence-corrected chi connectivity index (χ4v) is 4.59. The smallest absolute Gasteiger partial charge is 0.255 e. The van der Waals surface area contributed by atoms with Gasteiger partial charge in [0.05, 0.1) is 17.7 Å². The summed E-state index contributed by atoms with van der Waals surface area (Å²) in [5.74, 6) is -0.528. The van der Waals surface area contributed by atoms with Crippen molar-refractivity contribution in [2.45, 2.75) is 18.2 Å². The summed E-state index contributed by atoms with van der Waals surface area (Å²) < 4.78 is 27.5. The first-order chi connectivity index (χ1) is 15.3. The minimum absolute atomic E-state index is 0.0750. The lowest BCUT2D eigenvalue weighted by molar-refractivity contribution is -0.121. The van der Waals surface area contributed by atoms with Gasteiger partial charge in [0.2, 0.25) is 10.0 Å². The van der Waals surface area contributed by atoms with Gasteiger partial charge in [-0.05, 0) is 48.7 Å². The van der Waals surface area contributed by atoms with E-state index in [0.717, 1.165) is 21.0 Å². The van der Waals surface area contributed by atoms with Gasteiger partial charge in [0, 0.05) is 11.6 Å². The summed E-state index contributed by atoms with van der Waals surface area (Å²) in [7, 11) is -3.90. The van der Waals surface area contributed by atoms with Crippen LogP contribution in [0.5, 0.6) is 0 Å². The van der Waals surface area contributed by atoms with E-state index in [9.17, 15) is 13.2 Å². The molecule has 3 rings (SSSR count). The molecule has 32 heavy (non-hydrogen) atoms. The van der Waals surface area contributed by atoms with Crippen molar-refractivity contribution in [2.75, 3.05) is 13.1 Å². The number of sulfonamides is 1. The molecule has 0 radical (unpaired) electrons. The summed E-state index contributed by atoms with van der Waals surface area (Å²) in [4.78, 5) is 12.6. The number of carbonyl (C=O) groups is 1. The molecule has 166 valence electrons. The predicted molar refractivity (Wildman–Crippen MR) is 127 cm³/mol. The monoisotopic (exact) mass is 469 g/mol. The Balaban J connectivity index is 1.73. The highest BCUT2D eigenvalue weighted by atomic mass is 35.5. The number of nitrogens with zero attached hydrogens (tertiary/aromatic N) is 2. The predicted octanol–water partition coefficient (Wildman–Crippen LogP) is 4.03. The lowest BCUT2D eigenvalue weighted by Crippen LogP contribution is -2.40. The first-order valence-electron chi connectivity index (χ1n) is 10.0. The molecule has 0 atom stereocenters. The zero-order valence-corrected chi connectivity index (χ0v) is 19.2. The van der Waals surface area contributed by atoms with Crippen LogP contribution < -0.4 is 5.43 Å². The Hall–Kier alpha value is -3.00. The Morgan fingerprint density at radius 3 is 2.44 bits per heavy atom. The summed E-state index contributed by atoms with van der Waals surface area (Å²) in [5.41, 5.74) is 5.29. The van der Waals surface area contributed by atoms with Crippen LogP contribution >= 0.6 is 11.6 Å². The van der Waals surface area contributed by atoms with Gasteiger partial charge in [-0.3, -0.25) is 4.79 Å². The van der Waals surface area contributed by atoms with Gasteiger partial charge in [0.15, 0.2) is 0 Å². The summed E-state index contributed by atoms with van der Waals surface area (Å²) in [5, 5.41) is 4.39. The number of rotatable bonds is 9. The van der Waals surface area contributed by atoms with Crippen molar-refractivity contribution >= 4 is 33.7 Å². The molecule has 0 spiro atoms. The molecule has 0 saturated heterocycles. The SMILES string of the molecule is Cc1cccc(C=NNC(=O)CN(CCc2ccccc2)S(=O)(=O)c2ccc(Cl)cc2)c1. The fourth-order valence-electron chi connectivity index (χ4n) is 3.06. The summed E-state index contributed by atoms with van der Waals surface area (Å²) in [6.07, 6.45) is 1.99. The maximum absolute atomic E-state index is 13.2. The molecule has 1 N–H and O–H groups in total. The normalized spacial score (nSPS) is 11.7. The Bertz CT molecular complexity index is 1180. The van der Waals surface area contributed by atoms with Gasteiger partial charge in [-0.25, -0.2) is 13.8 Å². The van der Waals surface area contributed by atoms with Gasteiger partial charge in [-0.2, -0.15) is 9.41 Å². The molecular formula is C24H24ClN3O3S. The lowest BCUT2D eigenvalue weighted by Gasteiger charge is -2.21. The third kappa shape index (κ3) is 6.75. The molecular weight excluding hydrogens is 446 g/mol. The summed E-state index contributed by atoms with van der Waals surface area (Å²) in [6, 6.07) is 23.0. The van der Waals surface area contributed by atoms with Crippen LogP contribution in [0.1, 0.15) is 16.7 Å². The Labute approximate surface area is 193 Å². The second-order valence-corrected chi connectivity index (χ2v) is 9.61. The number of carbonyl (C=O) groups excluding carboxylic acids is 1. The molecule has 8 heteroatoms. The number of benzene rings is 3. The topological polar surface area (TPSA) is 78.8 Å². The number of hydrogen-bond acceptors (Lipinski definition) is 4. The summed E-state index contributed by atoms with van der Waals surface area (Å²) in [6.45, 7) is 1.75. The van der Waals surface area contributed by atoms with E-state index in [1.807, 2.05) is 61.5 Å². The minimum atomic E-state index is -3.90. The number of hydrazone groups is 1. The number of amides is 1. The number of hydrogen-bond donors (Lipinski definition) is 1. The van der Waals surface area contributed by atoms with Gasteiger partial charge in [0.1, 0.15) is 0 Å². The minimum Gasteiger partial charge on any atom is -0.272 e. The molecule has 0 heterocycles. The molecule has 0 unspecified atom stereocenters. The van der Waals surface area contributed by atoms with Crippen LogP contribution in [-0.4, -0.2) is 37.9 Å². The van der Waals surface area contributed by atoms with E-state index in [0.29, 0.717) is 11.4 Å². The maximum Gasteiger partial charge on any atom is 0.255 e. The first-order valence-corrected chi connectivity index (χ1v) is 11.8. The second-order valence-electron chi connectivity index (χ2n) is 7.24. The van der Waals surface area contributed by atoms with Crippen molar-refractivity contribution in [3.05, 3.63) is 101 Å². The average molecular weight is 470 g/mol. The van der Waals surface area contributed by atoms with Crippen LogP contribution in [-0.2, 0) is 21.2 Å². The zero-order chi connectivity index (χ0) is 23.0. The molecule has 0 aliphatic heterocycles. The van der Waals surface area contributed by atoms with Crippen LogP contribution in [0, 0.1) is 6.92 Å². The highest BCUT2D eigenvalue weighted by molar-refractivity contribution is 7.89. The van der Waals surface area contributed by atoms with Crippen LogP contribution in [0.15, 0.2) is 88.9 Å². The van der Waals surface area contributed by atoms with Gasteiger partial charge in [-0.15, -0.1) is 0 Å². The Morgan fingerprint density at radius 2 is 1.75 bits per heavy atom. The zero-order valence-electron chi connectivity index (χ0n) is 17.6.